The highest BCUT2D eigenvalue weighted by Crippen LogP contribution is 2.25. The zero-order valence-electron chi connectivity index (χ0n) is 7.79. The molecular weight excluding hydrogens is 230 g/mol. The van der Waals surface area contributed by atoms with Gasteiger partial charge in [0.15, 0.2) is 0 Å². The lowest BCUT2D eigenvalue weighted by atomic mass is 9.93. The first kappa shape index (κ1) is 10.7. The van der Waals surface area contributed by atoms with E-state index < -0.39 is 11.6 Å². The minimum Gasteiger partial charge on any atom is -0.387 e. The number of hydrogen-bond acceptors (Lipinski definition) is 2. The number of halogens is 1. The third-order valence-electron chi connectivity index (χ3n) is 1.87. The van der Waals surface area contributed by atoms with Crippen LogP contribution in [-0.4, -0.2) is 10.6 Å². The van der Waals surface area contributed by atoms with Gasteiger partial charge in [0.25, 0.3) is 0 Å². The lowest BCUT2D eigenvalue weighted by Gasteiger charge is -2.26. The third-order valence-corrected chi connectivity index (χ3v) is 2.36. The van der Waals surface area contributed by atoms with Crippen molar-refractivity contribution in [1.29, 1.82) is 0 Å². The van der Waals surface area contributed by atoms with Crippen molar-refractivity contribution in [3.05, 3.63) is 34.3 Å². The Hall–Kier alpha value is -0.380. The van der Waals surface area contributed by atoms with Gasteiger partial charge < -0.3 is 10.8 Å². The molecule has 1 atom stereocenters. The van der Waals surface area contributed by atoms with Gasteiger partial charge in [0.2, 0.25) is 0 Å². The summed E-state index contributed by atoms with van der Waals surface area (Å²) < 4.78 is 0.952. The molecule has 0 aliphatic heterocycles. The summed E-state index contributed by atoms with van der Waals surface area (Å²) in [4.78, 5) is 0. The molecule has 0 bridgehead atoms. The van der Waals surface area contributed by atoms with Crippen molar-refractivity contribution in [1.82, 2.24) is 0 Å². The molecule has 0 amide bonds. The smallest absolute Gasteiger partial charge is 0.0964 e. The highest BCUT2D eigenvalue weighted by Gasteiger charge is 2.24. The molecule has 0 aliphatic carbocycles. The van der Waals surface area contributed by atoms with Crippen LogP contribution in [0.4, 0.5) is 0 Å². The number of aliphatic hydroxyl groups excluding tert-OH is 1. The van der Waals surface area contributed by atoms with Crippen LogP contribution >= 0.6 is 15.9 Å². The standard InChI is InChI=1S/C10H14BrNO/c1-10(2,12)9(13)7-4-3-5-8(11)6-7/h3-6,9,13H,12H2,1-2H3/t9-/m1/s1. The summed E-state index contributed by atoms with van der Waals surface area (Å²) in [6, 6.07) is 7.54. The summed E-state index contributed by atoms with van der Waals surface area (Å²) in [5.74, 6) is 0. The fourth-order valence-corrected chi connectivity index (χ4v) is 1.52. The van der Waals surface area contributed by atoms with E-state index in [0.29, 0.717) is 0 Å². The van der Waals surface area contributed by atoms with Gasteiger partial charge in [-0.2, -0.15) is 0 Å². The summed E-state index contributed by atoms with van der Waals surface area (Å²) in [6.45, 7) is 3.61. The zero-order valence-corrected chi connectivity index (χ0v) is 9.38. The highest BCUT2D eigenvalue weighted by molar-refractivity contribution is 9.10. The summed E-state index contributed by atoms with van der Waals surface area (Å²) in [6.07, 6.45) is -0.634. The zero-order chi connectivity index (χ0) is 10.1. The molecule has 0 radical (unpaired) electrons. The third kappa shape index (κ3) is 2.79. The first-order valence-electron chi connectivity index (χ1n) is 4.13. The summed E-state index contributed by atoms with van der Waals surface area (Å²) in [7, 11) is 0. The van der Waals surface area contributed by atoms with Crippen LogP contribution in [0.25, 0.3) is 0 Å². The van der Waals surface area contributed by atoms with E-state index in [2.05, 4.69) is 15.9 Å². The topological polar surface area (TPSA) is 46.2 Å². The lowest BCUT2D eigenvalue weighted by Crippen LogP contribution is -2.39. The highest BCUT2D eigenvalue weighted by atomic mass is 79.9. The van der Waals surface area contributed by atoms with Gasteiger partial charge in [-0.25, -0.2) is 0 Å². The molecule has 3 N–H and O–H groups in total. The summed E-state index contributed by atoms with van der Waals surface area (Å²) in [5, 5.41) is 9.84. The summed E-state index contributed by atoms with van der Waals surface area (Å²) in [5.41, 5.74) is 6.02. The van der Waals surface area contributed by atoms with E-state index in [-0.39, 0.29) is 0 Å². The van der Waals surface area contributed by atoms with Crippen molar-refractivity contribution in [2.24, 2.45) is 5.73 Å². The van der Waals surface area contributed by atoms with Crippen LogP contribution in [0.2, 0.25) is 0 Å². The molecule has 0 aliphatic rings. The monoisotopic (exact) mass is 243 g/mol. The molecule has 1 rings (SSSR count). The number of benzene rings is 1. The van der Waals surface area contributed by atoms with Gasteiger partial charge >= 0.3 is 0 Å². The van der Waals surface area contributed by atoms with Gasteiger partial charge in [-0.15, -0.1) is 0 Å². The largest absolute Gasteiger partial charge is 0.387 e. The van der Waals surface area contributed by atoms with Crippen LogP contribution in [0, 0.1) is 0 Å². The Balaban J connectivity index is 2.96. The van der Waals surface area contributed by atoms with Gasteiger partial charge in [0.1, 0.15) is 0 Å². The Morgan fingerprint density at radius 1 is 1.46 bits per heavy atom. The van der Waals surface area contributed by atoms with Crippen LogP contribution in [0.15, 0.2) is 28.7 Å². The Kier molecular flexibility index (Phi) is 3.11. The minimum atomic E-state index is -0.634. The normalized spacial score (nSPS) is 14.2. The minimum absolute atomic E-state index is 0.610. The maximum absolute atomic E-state index is 9.84. The van der Waals surface area contributed by atoms with Crippen LogP contribution in [0.5, 0.6) is 0 Å². The fraction of sp³-hybridized carbons (Fsp3) is 0.400. The van der Waals surface area contributed by atoms with Gasteiger partial charge in [-0.05, 0) is 31.5 Å². The Labute approximate surface area is 86.9 Å². The molecule has 13 heavy (non-hydrogen) atoms. The molecule has 0 heterocycles. The first-order chi connectivity index (χ1) is 5.91. The van der Waals surface area contributed by atoms with E-state index in [1.54, 1.807) is 13.8 Å². The predicted molar refractivity (Wildman–Crippen MR) is 57.4 cm³/mol. The molecule has 0 unspecified atom stereocenters. The van der Waals surface area contributed by atoms with Gasteiger partial charge in [0, 0.05) is 10.0 Å². The van der Waals surface area contributed by atoms with Crippen LogP contribution < -0.4 is 5.73 Å². The molecule has 3 heteroatoms. The fourth-order valence-electron chi connectivity index (χ4n) is 1.11. The van der Waals surface area contributed by atoms with Crippen molar-refractivity contribution in [2.75, 3.05) is 0 Å². The second kappa shape index (κ2) is 3.78. The first-order valence-corrected chi connectivity index (χ1v) is 4.93. The van der Waals surface area contributed by atoms with E-state index in [1.807, 2.05) is 24.3 Å². The van der Waals surface area contributed by atoms with E-state index in [1.165, 1.54) is 0 Å². The molecule has 1 aromatic carbocycles. The van der Waals surface area contributed by atoms with Gasteiger partial charge in [0.05, 0.1) is 6.10 Å². The van der Waals surface area contributed by atoms with Crippen molar-refractivity contribution in [3.8, 4) is 0 Å². The van der Waals surface area contributed by atoms with Gasteiger partial charge in [-0.3, -0.25) is 0 Å². The molecule has 72 valence electrons. The summed E-state index contributed by atoms with van der Waals surface area (Å²) >= 11 is 3.35. The number of aliphatic hydroxyl groups is 1. The van der Waals surface area contributed by atoms with Crippen LogP contribution in [-0.2, 0) is 0 Å². The van der Waals surface area contributed by atoms with Crippen molar-refractivity contribution in [3.63, 3.8) is 0 Å². The molecule has 0 saturated heterocycles. The van der Waals surface area contributed by atoms with Gasteiger partial charge in [-0.1, -0.05) is 28.1 Å². The van der Waals surface area contributed by atoms with E-state index >= 15 is 0 Å². The second-order valence-corrected chi connectivity index (χ2v) is 4.69. The number of rotatable bonds is 2. The molecule has 1 aromatic rings. The lowest BCUT2D eigenvalue weighted by molar-refractivity contribution is 0.104. The molecule has 2 nitrogen and oxygen atoms in total. The second-order valence-electron chi connectivity index (χ2n) is 3.78. The number of hydrogen-bond donors (Lipinski definition) is 2. The van der Waals surface area contributed by atoms with Crippen molar-refractivity contribution >= 4 is 15.9 Å². The average Bonchev–Trinajstić information content (AvgIpc) is 2.01. The van der Waals surface area contributed by atoms with Crippen LogP contribution in [0.3, 0.4) is 0 Å². The van der Waals surface area contributed by atoms with Crippen LogP contribution in [0.1, 0.15) is 25.5 Å². The number of nitrogens with two attached hydrogens (primary N) is 1. The van der Waals surface area contributed by atoms with Crippen molar-refractivity contribution < 1.29 is 5.11 Å². The molecule has 0 saturated carbocycles. The maximum Gasteiger partial charge on any atom is 0.0964 e. The maximum atomic E-state index is 9.84. The Bertz CT molecular complexity index is 293. The predicted octanol–water partition coefficient (Wildman–Crippen LogP) is 2.22. The Morgan fingerprint density at radius 2 is 2.08 bits per heavy atom. The average molecular weight is 244 g/mol. The van der Waals surface area contributed by atoms with E-state index in [0.717, 1.165) is 10.0 Å². The molecule has 0 spiro atoms. The molecular formula is C10H14BrNO. The Morgan fingerprint density at radius 3 is 2.54 bits per heavy atom. The van der Waals surface area contributed by atoms with Crippen molar-refractivity contribution in [2.45, 2.75) is 25.5 Å². The molecule has 0 aromatic heterocycles. The molecule has 0 fully saturated rings. The van der Waals surface area contributed by atoms with E-state index in [4.69, 9.17) is 5.73 Å². The van der Waals surface area contributed by atoms with E-state index in [9.17, 15) is 5.11 Å². The quantitative estimate of drug-likeness (QED) is 0.837. The SMILES string of the molecule is CC(C)(N)[C@H](O)c1cccc(Br)c1.